The lowest BCUT2D eigenvalue weighted by molar-refractivity contribution is 0.104. The lowest BCUT2D eigenvalue weighted by Crippen LogP contribution is -2.39. The molecule has 0 spiro atoms. The van der Waals surface area contributed by atoms with E-state index in [9.17, 15) is 13.2 Å². The highest BCUT2D eigenvalue weighted by atomic mass is 32.2. The number of benzene rings is 3. The van der Waals surface area contributed by atoms with Gasteiger partial charge >= 0.3 is 0 Å². The number of ketones is 1. The van der Waals surface area contributed by atoms with E-state index in [2.05, 4.69) is 5.32 Å². The number of fused-ring (bicyclic) bond motifs is 1. The second-order valence-electron chi connectivity index (χ2n) is 7.55. The Kier molecular flexibility index (Phi) is 5.91. The molecule has 1 aliphatic rings. The van der Waals surface area contributed by atoms with Crippen molar-refractivity contribution < 1.29 is 13.2 Å². The number of para-hydroxylation sites is 1. The normalized spacial score (nSPS) is 16.2. The highest BCUT2D eigenvalue weighted by Gasteiger charge is 2.39. The Hall–Kier alpha value is -3.38. The number of Topliss-reactive ketones (excluding diaryl/α,β-unsaturated/α-hetero) is 1. The molecule has 3 aromatic rings. The Morgan fingerprint density at radius 1 is 0.903 bits per heavy atom. The minimum Gasteiger partial charge on any atom is -0.389 e. The molecule has 1 heterocycles. The molecule has 0 saturated heterocycles. The topological polar surface area (TPSA) is 66.5 Å². The molecule has 6 heteroatoms. The van der Waals surface area contributed by atoms with Gasteiger partial charge in [-0.05, 0) is 36.6 Å². The van der Waals surface area contributed by atoms with Crippen LogP contribution in [-0.4, -0.2) is 20.7 Å². The number of aryl methyl sites for hydroxylation is 1. The standard InChI is InChI=1S/C25H24N2O3S/c1-19-8-7-11-21(16-19)18-27-23-13-6-5-12-22(23)25(28)24(31(27,29)30)17-26-15-14-20-9-3-2-4-10-20/h2-13,16-17,26H,14-15,18H2,1H3/b24-17+. The van der Waals surface area contributed by atoms with Gasteiger partial charge in [-0.25, -0.2) is 8.42 Å². The van der Waals surface area contributed by atoms with Gasteiger partial charge in [0.15, 0.2) is 4.91 Å². The number of nitrogens with zero attached hydrogens (tertiary/aromatic N) is 1. The summed E-state index contributed by atoms with van der Waals surface area (Å²) in [4.78, 5) is 12.8. The van der Waals surface area contributed by atoms with E-state index in [1.54, 1.807) is 24.3 Å². The molecular formula is C25H24N2O3S. The summed E-state index contributed by atoms with van der Waals surface area (Å²) in [7, 11) is -4.00. The first-order valence-electron chi connectivity index (χ1n) is 10.2. The van der Waals surface area contributed by atoms with Crippen molar-refractivity contribution in [3.05, 3.63) is 112 Å². The first-order chi connectivity index (χ1) is 15.0. The monoisotopic (exact) mass is 432 g/mol. The molecule has 0 fully saturated rings. The smallest absolute Gasteiger partial charge is 0.270 e. The van der Waals surface area contributed by atoms with Crippen LogP contribution in [0.1, 0.15) is 27.0 Å². The molecule has 0 aromatic heterocycles. The van der Waals surface area contributed by atoms with Crippen LogP contribution in [0.15, 0.2) is 90.0 Å². The summed E-state index contributed by atoms with van der Waals surface area (Å²) in [6, 6.07) is 24.5. The van der Waals surface area contributed by atoms with E-state index in [4.69, 9.17) is 0 Å². The van der Waals surface area contributed by atoms with E-state index in [1.807, 2.05) is 61.5 Å². The minimum absolute atomic E-state index is 0.162. The van der Waals surface area contributed by atoms with Gasteiger partial charge in [0.2, 0.25) is 5.78 Å². The van der Waals surface area contributed by atoms with Gasteiger partial charge in [-0.3, -0.25) is 9.10 Å². The van der Waals surface area contributed by atoms with Crippen LogP contribution in [0.4, 0.5) is 5.69 Å². The first kappa shape index (κ1) is 20.9. The Morgan fingerprint density at radius 2 is 1.61 bits per heavy atom. The SMILES string of the molecule is Cc1cccc(CN2c3ccccc3C(=O)/C(=C\NCCc3ccccc3)S2(=O)=O)c1. The summed E-state index contributed by atoms with van der Waals surface area (Å²) in [6.07, 6.45) is 2.07. The second-order valence-corrected chi connectivity index (χ2v) is 9.38. The number of carbonyl (C=O) groups is 1. The van der Waals surface area contributed by atoms with E-state index < -0.39 is 15.8 Å². The fourth-order valence-electron chi connectivity index (χ4n) is 3.69. The van der Waals surface area contributed by atoms with Crippen molar-refractivity contribution in [2.45, 2.75) is 19.9 Å². The lowest BCUT2D eigenvalue weighted by atomic mass is 10.1. The maximum atomic E-state index is 13.4. The molecule has 0 amide bonds. The summed E-state index contributed by atoms with van der Waals surface area (Å²) in [5.74, 6) is -0.483. The van der Waals surface area contributed by atoms with Crippen LogP contribution < -0.4 is 9.62 Å². The van der Waals surface area contributed by atoms with Crippen molar-refractivity contribution in [3.8, 4) is 0 Å². The van der Waals surface area contributed by atoms with Crippen molar-refractivity contribution in [1.82, 2.24) is 5.32 Å². The highest BCUT2D eigenvalue weighted by molar-refractivity contribution is 7.97. The maximum absolute atomic E-state index is 13.4. The average molecular weight is 433 g/mol. The van der Waals surface area contributed by atoms with Crippen molar-refractivity contribution >= 4 is 21.5 Å². The van der Waals surface area contributed by atoms with Crippen LogP contribution in [0.3, 0.4) is 0 Å². The molecule has 31 heavy (non-hydrogen) atoms. The molecule has 0 atom stereocenters. The summed E-state index contributed by atoms with van der Waals surface area (Å²) >= 11 is 0. The van der Waals surface area contributed by atoms with Crippen molar-refractivity contribution in [1.29, 1.82) is 0 Å². The third-order valence-electron chi connectivity index (χ3n) is 5.25. The summed E-state index contributed by atoms with van der Waals surface area (Å²) < 4.78 is 28.2. The predicted octanol–water partition coefficient (Wildman–Crippen LogP) is 4.20. The summed E-state index contributed by atoms with van der Waals surface area (Å²) in [5.41, 5.74) is 3.85. The Labute approximate surface area is 183 Å². The average Bonchev–Trinajstić information content (AvgIpc) is 2.77. The van der Waals surface area contributed by atoms with Gasteiger partial charge < -0.3 is 5.32 Å². The molecule has 0 bridgehead atoms. The van der Waals surface area contributed by atoms with E-state index >= 15 is 0 Å². The van der Waals surface area contributed by atoms with E-state index in [1.165, 1.54) is 10.5 Å². The zero-order valence-electron chi connectivity index (χ0n) is 17.3. The second kappa shape index (κ2) is 8.78. The Bertz CT molecular complexity index is 1230. The molecule has 4 rings (SSSR count). The maximum Gasteiger partial charge on any atom is 0.270 e. The first-order valence-corrected chi connectivity index (χ1v) is 11.6. The molecule has 0 unspecified atom stereocenters. The Morgan fingerprint density at radius 3 is 2.39 bits per heavy atom. The number of rotatable bonds is 6. The Balaban J connectivity index is 1.64. The van der Waals surface area contributed by atoms with Crippen molar-refractivity contribution in [3.63, 3.8) is 0 Å². The van der Waals surface area contributed by atoms with Crippen LogP contribution in [-0.2, 0) is 23.0 Å². The molecule has 5 nitrogen and oxygen atoms in total. The van der Waals surface area contributed by atoms with Crippen LogP contribution in [0, 0.1) is 6.92 Å². The highest BCUT2D eigenvalue weighted by Crippen LogP contribution is 2.35. The predicted molar refractivity (Wildman–Crippen MR) is 123 cm³/mol. The van der Waals surface area contributed by atoms with Crippen molar-refractivity contribution in [2.75, 3.05) is 10.8 Å². The molecule has 0 saturated carbocycles. The van der Waals surface area contributed by atoms with Gasteiger partial charge in [-0.15, -0.1) is 0 Å². The van der Waals surface area contributed by atoms with Gasteiger partial charge in [0.25, 0.3) is 10.0 Å². The van der Waals surface area contributed by atoms with Crippen LogP contribution >= 0.6 is 0 Å². The summed E-state index contributed by atoms with van der Waals surface area (Å²) in [5, 5.41) is 3.03. The fraction of sp³-hybridized carbons (Fsp3) is 0.160. The van der Waals surface area contributed by atoms with E-state index in [-0.39, 0.29) is 11.4 Å². The zero-order valence-corrected chi connectivity index (χ0v) is 18.1. The molecule has 0 radical (unpaired) electrons. The summed E-state index contributed by atoms with van der Waals surface area (Å²) in [6.45, 7) is 2.65. The minimum atomic E-state index is -4.00. The van der Waals surface area contributed by atoms with Crippen LogP contribution in [0.5, 0.6) is 0 Å². The van der Waals surface area contributed by atoms with Gasteiger partial charge in [0.05, 0.1) is 12.2 Å². The number of nitrogens with one attached hydrogen (secondary N) is 1. The third kappa shape index (κ3) is 4.39. The van der Waals surface area contributed by atoms with Gasteiger partial charge in [0, 0.05) is 18.3 Å². The molecule has 1 N–H and O–H groups in total. The van der Waals surface area contributed by atoms with E-state index in [0.717, 1.165) is 23.1 Å². The molecule has 0 aliphatic carbocycles. The third-order valence-corrected chi connectivity index (χ3v) is 7.02. The lowest BCUT2D eigenvalue weighted by Gasteiger charge is -2.31. The van der Waals surface area contributed by atoms with Crippen molar-refractivity contribution in [2.24, 2.45) is 0 Å². The zero-order chi connectivity index (χ0) is 21.8. The van der Waals surface area contributed by atoms with Gasteiger partial charge in [-0.2, -0.15) is 0 Å². The molecule has 3 aromatic carbocycles. The van der Waals surface area contributed by atoms with Crippen LogP contribution in [0.25, 0.3) is 0 Å². The van der Waals surface area contributed by atoms with Crippen LogP contribution in [0.2, 0.25) is 0 Å². The number of sulfonamides is 1. The number of allylic oxidation sites excluding steroid dienone is 1. The fourth-order valence-corrected chi connectivity index (χ4v) is 5.24. The quantitative estimate of drug-likeness (QED) is 0.468. The number of hydrogen-bond donors (Lipinski definition) is 1. The molecule has 158 valence electrons. The largest absolute Gasteiger partial charge is 0.389 e. The molecular weight excluding hydrogens is 408 g/mol. The van der Waals surface area contributed by atoms with Gasteiger partial charge in [-0.1, -0.05) is 72.3 Å². The van der Waals surface area contributed by atoms with Gasteiger partial charge in [0.1, 0.15) is 0 Å². The van der Waals surface area contributed by atoms with E-state index in [0.29, 0.717) is 17.8 Å². The number of anilines is 1. The number of hydrogen-bond acceptors (Lipinski definition) is 4. The molecule has 1 aliphatic heterocycles. The number of carbonyl (C=O) groups excluding carboxylic acids is 1.